The summed E-state index contributed by atoms with van der Waals surface area (Å²) in [5.41, 5.74) is 9.75. The smallest absolute Gasteiger partial charge is 0.256 e. The topological polar surface area (TPSA) is 135 Å². The van der Waals surface area contributed by atoms with Gasteiger partial charge < -0.3 is 36.3 Å². The molecule has 3 aromatic rings. The second kappa shape index (κ2) is 11.2. The second-order valence-corrected chi connectivity index (χ2v) is 8.60. The molecule has 1 heterocycles. The zero-order valence-electron chi connectivity index (χ0n) is 20.9. The average molecular weight is 503 g/mol. The van der Waals surface area contributed by atoms with Gasteiger partial charge in [0, 0.05) is 35.1 Å². The van der Waals surface area contributed by atoms with Crippen LogP contribution in [-0.2, 0) is 4.79 Å². The highest BCUT2D eigenvalue weighted by atomic mass is 16.5. The largest absolute Gasteiger partial charge is 0.493 e. The molecule has 9 heteroatoms. The maximum Gasteiger partial charge on any atom is 0.256 e. The number of carbonyl (C=O) groups is 2. The Labute approximate surface area is 215 Å². The third kappa shape index (κ3) is 5.58. The van der Waals surface area contributed by atoms with Crippen molar-refractivity contribution in [3.63, 3.8) is 0 Å². The minimum Gasteiger partial charge on any atom is -0.493 e. The molecule has 2 unspecified atom stereocenters. The van der Waals surface area contributed by atoms with Crippen LogP contribution < -0.4 is 31.2 Å². The van der Waals surface area contributed by atoms with E-state index in [9.17, 15) is 14.7 Å². The maximum atomic E-state index is 13.2. The molecule has 3 aromatic carbocycles. The lowest BCUT2D eigenvalue weighted by Crippen LogP contribution is -2.33. The molecule has 0 aromatic heterocycles. The van der Waals surface area contributed by atoms with Crippen LogP contribution in [0.25, 0.3) is 6.08 Å². The van der Waals surface area contributed by atoms with Gasteiger partial charge in [-0.3, -0.25) is 9.59 Å². The first-order valence-electron chi connectivity index (χ1n) is 11.7. The summed E-state index contributed by atoms with van der Waals surface area (Å²) in [7, 11) is 3.04. The molecule has 1 aliphatic rings. The molecule has 1 aliphatic heterocycles. The van der Waals surface area contributed by atoms with E-state index in [0.717, 1.165) is 11.1 Å². The summed E-state index contributed by atoms with van der Waals surface area (Å²) in [6.45, 7) is 2.06. The van der Waals surface area contributed by atoms with Crippen molar-refractivity contribution in [1.29, 1.82) is 0 Å². The number of fused-ring (bicyclic) bond motifs is 1. The Kier molecular flexibility index (Phi) is 7.76. The molecule has 2 amide bonds. The summed E-state index contributed by atoms with van der Waals surface area (Å²) < 4.78 is 10.6. The van der Waals surface area contributed by atoms with E-state index in [1.165, 1.54) is 14.2 Å². The molecule has 37 heavy (non-hydrogen) atoms. The summed E-state index contributed by atoms with van der Waals surface area (Å²) in [4.78, 5) is 26.1. The number of rotatable bonds is 8. The van der Waals surface area contributed by atoms with E-state index >= 15 is 0 Å². The molecule has 0 saturated heterocycles. The van der Waals surface area contributed by atoms with Gasteiger partial charge in [-0.25, -0.2) is 0 Å². The zero-order valence-corrected chi connectivity index (χ0v) is 20.9. The predicted molar refractivity (Wildman–Crippen MR) is 143 cm³/mol. The van der Waals surface area contributed by atoms with Gasteiger partial charge in [-0.1, -0.05) is 36.4 Å². The Hall–Kier alpha value is -4.34. The predicted octanol–water partition coefficient (Wildman–Crippen LogP) is 3.21. The summed E-state index contributed by atoms with van der Waals surface area (Å²) in [5, 5.41) is 19.3. The highest BCUT2D eigenvalue weighted by Gasteiger charge is 2.26. The van der Waals surface area contributed by atoms with Gasteiger partial charge in [0.05, 0.1) is 25.8 Å². The number of carbonyl (C=O) groups excluding carboxylic acids is 2. The third-order valence-corrected chi connectivity index (χ3v) is 6.21. The van der Waals surface area contributed by atoms with Gasteiger partial charge in [-0.2, -0.15) is 0 Å². The van der Waals surface area contributed by atoms with Gasteiger partial charge in [-0.15, -0.1) is 0 Å². The fourth-order valence-corrected chi connectivity index (χ4v) is 4.10. The number of amides is 2. The Balaban J connectivity index is 1.55. The number of methoxy groups -OCH3 is 2. The first-order valence-corrected chi connectivity index (χ1v) is 11.7. The van der Waals surface area contributed by atoms with Gasteiger partial charge in [0.25, 0.3) is 11.8 Å². The third-order valence-electron chi connectivity index (χ3n) is 6.21. The molecule has 0 aliphatic carbocycles. The normalized spacial score (nSPS) is 14.9. The van der Waals surface area contributed by atoms with Gasteiger partial charge in [0.1, 0.15) is 0 Å². The molecule has 192 valence electrons. The van der Waals surface area contributed by atoms with E-state index in [2.05, 4.69) is 16.0 Å². The fraction of sp³-hybridized carbons (Fsp3) is 0.214. The van der Waals surface area contributed by atoms with E-state index in [0.29, 0.717) is 34.0 Å². The maximum absolute atomic E-state index is 13.2. The SMILES string of the molecule is COc1cc2c(cc1OC)NC(O)C(C(=O)Nc1cc(C(=O)NC(CN)c3ccccc3)ccc1C)=C2. The van der Waals surface area contributed by atoms with Gasteiger partial charge in [0.15, 0.2) is 17.7 Å². The van der Waals surface area contributed by atoms with Crippen LogP contribution >= 0.6 is 0 Å². The van der Waals surface area contributed by atoms with E-state index in [1.807, 2.05) is 37.3 Å². The lowest BCUT2D eigenvalue weighted by Gasteiger charge is -2.25. The lowest BCUT2D eigenvalue weighted by molar-refractivity contribution is -0.113. The van der Waals surface area contributed by atoms with Crippen LogP contribution in [0, 0.1) is 6.92 Å². The molecule has 4 rings (SSSR count). The Morgan fingerprint density at radius 3 is 2.41 bits per heavy atom. The quantitative estimate of drug-likeness (QED) is 0.319. The lowest BCUT2D eigenvalue weighted by atomic mass is 10.0. The number of aliphatic hydroxyl groups excluding tert-OH is 1. The Bertz CT molecular complexity index is 1340. The molecular formula is C28H30N4O5. The standard InChI is InChI=1S/C28H30N4O5/c1-16-9-10-18(26(33)32-23(15-29)17-7-5-4-6-8-17)12-21(16)30-27(34)20-11-19-13-24(36-2)25(37-3)14-22(19)31-28(20)35/h4-14,23,28,31,35H,15,29H2,1-3H3,(H,30,34)(H,32,33). The monoisotopic (exact) mass is 502 g/mol. The molecule has 0 bridgehead atoms. The number of benzene rings is 3. The number of hydrogen-bond acceptors (Lipinski definition) is 7. The Morgan fingerprint density at radius 2 is 1.73 bits per heavy atom. The first-order chi connectivity index (χ1) is 17.8. The van der Waals surface area contributed by atoms with Crippen molar-refractivity contribution in [3.8, 4) is 11.5 Å². The molecule has 9 nitrogen and oxygen atoms in total. The molecule has 0 saturated carbocycles. The average Bonchev–Trinajstić information content (AvgIpc) is 2.91. The van der Waals surface area contributed by atoms with Crippen molar-refractivity contribution in [2.24, 2.45) is 5.73 Å². The molecule has 2 atom stereocenters. The first kappa shape index (κ1) is 25.7. The molecule has 0 spiro atoms. The van der Waals surface area contributed by atoms with Crippen LogP contribution in [0.5, 0.6) is 11.5 Å². The number of nitrogens with one attached hydrogen (secondary N) is 3. The van der Waals surface area contributed by atoms with Crippen LogP contribution in [0.15, 0.2) is 66.2 Å². The second-order valence-electron chi connectivity index (χ2n) is 8.60. The van der Waals surface area contributed by atoms with Crippen LogP contribution in [0.4, 0.5) is 11.4 Å². The number of aliphatic hydroxyl groups is 1. The number of anilines is 2. The zero-order chi connectivity index (χ0) is 26.5. The van der Waals surface area contributed by atoms with E-state index in [-0.39, 0.29) is 24.1 Å². The van der Waals surface area contributed by atoms with Crippen molar-refractivity contribution in [3.05, 3.63) is 88.5 Å². The van der Waals surface area contributed by atoms with Crippen LogP contribution in [0.2, 0.25) is 0 Å². The van der Waals surface area contributed by atoms with Gasteiger partial charge >= 0.3 is 0 Å². The highest BCUT2D eigenvalue weighted by Crippen LogP contribution is 2.37. The number of nitrogens with two attached hydrogens (primary N) is 1. The molecule has 0 radical (unpaired) electrons. The molecule has 0 fully saturated rings. The van der Waals surface area contributed by atoms with E-state index < -0.39 is 12.1 Å². The number of ether oxygens (including phenoxy) is 2. The molecular weight excluding hydrogens is 472 g/mol. The summed E-state index contributed by atoms with van der Waals surface area (Å²) in [6.07, 6.45) is 0.347. The van der Waals surface area contributed by atoms with Gasteiger partial charge in [0.2, 0.25) is 0 Å². The van der Waals surface area contributed by atoms with Crippen molar-refractivity contribution >= 4 is 29.3 Å². The van der Waals surface area contributed by atoms with E-state index in [1.54, 1.807) is 36.4 Å². The summed E-state index contributed by atoms with van der Waals surface area (Å²) in [6, 6.07) is 17.6. The van der Waals surface area contributed by atoms with Crippen molar-refractivity contribution in [2.75, 3.05) is 31.4 Å². The fourth-order valence-electron chi connectivity index (χ4n) is 4.10. The summed E-state index contributed by atoms with van der Waals surface area (Å²) in [5.74, 6) is 0.168. The van der Waals surface area contributed by atoms with Crippen molar-refractivity contribution < 1.29 is 24.2 Å². The number of hydrogen-bond donors (Lipinski definition) is 5. The van der Waals surface area contributed by atoms with Crippen molar-refractivity contribution in [2.45, 2.75) is 19.2 Å². The highest BCUT2D eigenvalue weighted by molar-refractivity contribution is 6.10. The summed E-state index contributed by atoms with van der Waals surface area (Å²) >= 11 is 0. The minimum atomic E-state index is -1.24. The Morgan fingerprint density at radius 1 is 1.03 bits per heavy atom. The van der Waals surface area contributed by atoms with Crippen LogP contribution in [0.1, 0.15) is 33.1 Å². The molecule has 6 N–H and O–H groups in total. The number of aryl methyl sites for hydroxylation is 1. The van der Waals surface area contributed by atoms with Crippen LogP contribution in [0.3, 0.4) is 0 Å². The van der Waals surface area contributed by atoms with Crippen LogP contribution in [-0.4, -0.2) is 43.9 Å². The van der Waals surface area contributed by atoms with Crippen molar-refractivity contribution in [1.82, 2.24) is 5.32 Å². The van der Waals surface area contributed by atoms with Gasteiger partial charge in [-0.05, 0) is 42.3 Å². The van der Waals surface area contributed by atoms with E-state index in [4.69, 9.17) is 15.2 Å². The minimum absolute atomic E-state index is 0.112.